The van der Waals surface area contributed by atoms with Crippen LogP contribution in [0, 0.1) is 0 Å². The Morgan fingerprint density at radius 1 is 1.08 bits per heavy atom. The summed E-state index contributed by atoms with van der Waals surface area (Å²) in [4.78, 5) is 12.0. The number of carbonyl (C=O) groups excluding carboxylic acids is 1. The van der Waals surface area contributed by atoms with Gasteiger partial charge >= 0.3 is 0 Å². The van der Waals surface area contributed by atoms with Gasteiger partial charge in [0.15, 0.2) is 11.5 Å². The number of nitrogens with one attached hydrogen (secondary N) is 2. The molecule has 3 rings (SSSR count). The lowest BCUT2D eigenvalue weighted by atomic mass is 10.1. The van der Waals surface area contributed by atoms with Crippen LogP contribution in [0.1, 0.15) is 30.4 Å². The molecule has 1 aliphatic heterocycles. The maximum atomic E-state index is 12.0. The predicted molar refractivity (Wildman–Crippen MR) is 101 cm³/mol. The van der Waals surface area contributed by atoms with Gasteiger partial charge in [0.1, 0.15) is 6.61 Å². The summed E-state index contributed by atoms with van der Waals surface area (Å²) in [7, 11) is 1.64. The maximum absolute atomic E-state index is 12.0. The van der Waals surface area contributed by atoms with Gasteiger partial charge in [-0.15, -0.1) is 0 Å². The Balaban J connectivity index is 1.63. The Bertz CT molecular complexity index is 718. The van der Waals surface area contributed by atoms with Crippen LogP contribution in [0.4, 0.5) is 0 Å². The second-order valence-corrected chi connectivity index (χ2v) is 6.48. The smallest absolute Gasteiger partial charge is 0.237 e. The molecule has 1 atom stereocenters. The topological polar surface area (TPSA) is 59.6 Å². The van der Waals surface area contributed by atoms with E-state index < -0.39 is 0 Å². The minimum atomic E-state index is -0.131. The lowest BCUT2D eigenvalue weighted by Crippen LogP contribution is -2.42. The zero-order chi connectivity index (χ0) is 18.2. The molecule has 0 aromatic heterocycles. The van der Waals surface area contributed by atoms with E-state index in [1.807, 2.05) is 48.5 Å². The minimum Gasteiger partial charge on any atom is -0.493 e. The van der Waals surface area contributed by atoms with Crippen LogP contribution in [0.15, 0.2) is 48.5 Å². The van der Waals surface area contributed by atoms with E-state index >= 15 is 0 Å². The molecule has 26 heavy (non-hydrogen) atoms. The van der Waals surface area contributed by atoms with Crippen molar-refractivity contribution in [3.05, 3.63) is 59.7 Å². The average Bonchev–Trinajstić information content (AvgIpc) is 2.89. The molecule has 0 aliphatic carbocycles. The monoisotopic (exact) mass is 354 g/mol. The molecule has 1 heterocycles. The van der Waals surface area contributed by atoms with Crippen molar-refractivity contribution in [1.82, 2.24) is 10.6 Å². The van der Waals surface area contributed by atoms with Crippen LogP contribution in [0.2, 0.25) is 0 Å². The van der Waals surface area contributed by atoms with Crippen molar-refractivity contribution in [1.29, 1.82) is 0 Å². The Morgan fingerprint density at radius 3 is 2.73 bits per heavy atom. The summed E-state index contributed by atoms with van der Waals surface area (Å²) in [5.74, 6) is 1.51. The van der Waals surface area contributed by atoms with E-state index in [2.05, 4.69) is 10.6 Å². The number of carbonyl (C=O) groups is 1. The van der Waals surface area contributed by atoms with Crippen LogP contribution in [0.5, 0.6) is 11.5 Å². The molecular formula is C21H26N2O3. The SMILES string of the molecule is COc1ccc(CNC2CCCCNC2=O)cc1OCc1ccccc1. The van der Waals surface area contributed by atoms with Crippen molar-refractivity contribution in [2.24, 2.45) is 0 Å². The number of methoxy groups -OCH3 is 1. The number of hydrogen-bond acceptors (Lipinski definition) is 4. The fraction of sp³-hybridized carbons (Fsp3) is 0.381. The van der Waals surface area contributed by atoms with E-state index in [-0.39, 0.29) is 11.9 Å². The van der Waals surface area contributed by atoms with Gasteiger partial charge in [-0.2, -0.15) is 0 Å². The normalized spacial score (nSPS) is 17.3. The van der Waals surface area contributed by atoms with Crippen LogP contribution in [-0.2, 0) is 17.9 Å². The molecule has 1 amide bonds. The lowest BCUT2D eigenvalue weighted by Gasteiger charge is -2.16. The van der Waals surface area contributed by atoms with Gasteiger partial charge < -0.3 is 20.1 Å². The minimum absolute atomic E-state index is 0.0940. The van der Waals surface area contributed by atoms with Crippen molar-refractivity contribution < 1.29 is 14.3 Å². The van der Waals surface area contributed by atoms with Crippen molar-refractivity contribution in [2.75, 3.05) is 13.7 Å². The molecule has 2 aromatic rings. The van der Waals surface area contributed by atoms with Crippen LogP contribution >= 0.6 is 0 Å². The summed E-state index contributed by atoms with van der Waals surface area (Å²) in [6.45, 7) is 1.87. The molecule has 1 fully saturated rings. The lowest BCUT2D eigenvalue weighted by molar-refractivity contribution is -0.122. The number of ether oxygens (including phenoxy) is 2. The first kappa shape index (κ1) is 18.3. The number of amides is 1. The van der Waals surface area contributed by atoms with Gasteiger partial charge in [0, 0.05) is 13.1 Å². The highest BCUT2D eigenvalue weighted by molar-refractivity contribution is 5.81. The second kappa shape index (κ2) is 9.25. The van der Waals surface area contributed by atoms with Crippen molar-refractivity contribution in [3.63, 3.8) is 0 Å². The van der Waals surface area contributed by atoms with E-state index in [0.29, 0.717) is 24.7 Å². The van der Waals surface area contributed by atoms with Crippen molar-refractivity contribution >= 4 is 5.91 Å². The first-order valence-corrected chi connectivity index (χ1v) is 9.11. The number of benzene rings is 2. The Morgan fingerprint density at radius 2 is 1.92 bits per heavy atom. The van der Waals surface area contributed by atoms with Gasteiger partial charge in [-0.25, -0.2) is 0 Å². The highest BCUT2D eigenvalue weighted by Gasteiger charge is 2.19. The molecule has 5 heteroatoms. The van der Waals surface area contributed by atoms with Crippen LogP contribution in [0.3, 0.4) is 0 Å². The molecule has 0 bridgehead atoms. The van der Waals surface area contributed by atoms with Crippen LogP contribution < -0.4 is 20.1 Å². The van der Waals surface area contributed by atoms with Gasteiger partial charge in [-0.1, -0.05) is 36.4 Å². The van der Waals surface area contributed by atoms with Crippen molar-refractivity contribution in [3.8, 4) is 11.5 Å². The van der Waals surface area contributed by atoms with E-state index in [1.165, 1.54) is 0 Å². The molecule has 5 nitrogen and oxygen atoms in total. The van der Waals surface area contributed by atoms with E-state index in [0.717, 1.165) is 36.9 Å². The van der Waals surface area contributed by atoms with Crippen molar-refractivity contribution in [2.45, 2.75) is 38.5 Å². The van der Waals surface area contributed by atoms with Gasteiger partial charge in [-0.3, -0.25) is 4.79 Å². The second-order valence-electron chi connectivity index (χ2n) is 6.48. The Hall–Kier alpha value is -2.53. The summed E-state index contributed by atoms with van der Waals surface area (Å²) in [5.41, 5.74) is 2.17. The fourth-order valence-electron chi connectivity index (χ4n) is 3.05. The first-order valence-electron chi connectivity index (χ1n) is 9.11. The summed E-state index contributed by atoms with van der Waals surface area (Å²) >= 11 is 0. The van der Waals surface area contributed by atoms with Gasteiger partial charge in [0.25, 0.3) is 0 Å². The molecule has 1 aliphatic rings. The molecule has 0 radical (unpaired) electrons. The summed E-state index contributed by atoms with van der Waals surface area (Å²) in [6.07, 6.45) is 2.98. The molecule has 0 spiro atoms. The van der Waals surface area contributed by atoms with Crippen LogP contribution in [0.25, 0.3) is 0 Å². The third-order valence-corrected chi connectivity index (χ3v) is 4.55. The number of hydrogen-bond donors (Lipinski definition) is 2. The van der Waals surface area contributed by atoms with E-state index in [4.69, 9.17) is 9.47 Å². The Labute approximate surface area is 154 Å². The largest absolute Gasteiger partial charge is 0.493 e. The maximum Gasteiger partial charge on any atom is 0.237 e. The number of rotatable bonds is 7. The standard InChI is InChI=1S/C21H26N2O3/c1-25-19-11-10-17(14-23-18-9-5-6-12-22-21(18)24)13-20(19)26-15-16-7-3-2-4-8-16/h2-4,7-8,10-11,13,18,23H,5-6,9,12,14-15H2,1H3,(H,22,24). The highest BCUT2D eigenvalue weighted by Crippen LogP contribution is 2.29. The first-order chi connectivity index (χ1) is 12.8. The van der Waals surface area contributed by atoms with E-state index in [1.54, 1.807) is 7.11 Å². The molecular weight excluding hydrogens is 328 g/mol. The molecule has 1 unspecified atom stereocenters. The summed E-state index contributed by atoms with van der Waals surface area (Å²) in [5, 5.41) is 6.31. The highest BCUT2D eigenvalue weighted by atomic mass is 16.5. The zero-order valence-electron chi connectivity index (χ0n) is 15.2. The Kier molecular flexibility index (Phi) is 6.50. The quantitative estimate of drug-likeness (QED) is 0.802. The molecule has 2 N–H and O–H groups in total. The molecule has 1 saturated heterocycles. The summed E-state index contributed by atoms with van der Waals surface area (Å²) in [6, 6.07) is 15.8. The molecule has 138 valence electrons. The van der Waals surface area contributed by atoms with E-state index in [9.17, 15) is 4.79 Å². The van der Waals surface area contributed by atoms with Gasteiger partial charge in [0.05, 0.1) is 13.2 Å². The fourth-order valence-corrected chi connectivity index (χ4v) is 3.05. The molecule has 2 aromatic carbocycles. The van der Waals surface area contributed by atoms with Crippen LogP contribution in [-0.4, -0.2) is 25.6 Å². The van der Waals surface area contributed by atoms with Gasteiger partial charge in [-0.05, 0) is 42.5 Å². The zero-order valence-corrected chi connectivity index (χ0v) is 15.2. The summed E-state index contributed by atoms with van der Waals surface area (Å²) < 4.78 is 11.4. The van der Waals surface area contributed by atoms with Gasteiger partial charge in [0.2, 0.25) is 5.91 Å². The average molecular weight is 354 g/mol. The third kappa shape index (κ3) is 4.99. The molecule has 0 saturated carbocycles. The predicted octanol–water partition coefficient (Wildman–Crippen LogP) is 3.03. The third-order valence-electron chi connectivity index (χ3n) is 4.55.